The number of carbonyl (C=O) groups is 3. The van der Waals surface area contributed by atoms with E-state index in [2.05, 4.69) is 36.4 Å². The van der Waals surface area contributed by atoms with Crippen molar-refractivity contribution < 1.29 is 14.4 Å². The van der Waals surface area contributed by atoms with Crippen LogP contribution in [0, 0.1) is 11.3 Å². The van der Waals surface area contributed by atoms with Gasteiger partial charge in [-0.1, -0.05) is 26.8 Å². The van der Waals surface area contributed by atoms with Crippen molar-refractivity contribution in [1.29, 1.82) is 0 Å². The topological polar surface area (TPSA) is 91.4 Å². The number of imide groups is 1. The van der Waals surface area contributed by atoms with Crippen molar-refractivity contribution in [2.75, 3.05) is 6.54 Å². The van der Waals surface area contributed by atoms with Crippen LogP contribution in [-0.4, -0.2) is 39.8 Å². The fourth-order valence-electron chi connectivity index (χ4n) is 4.79. The predicted molar refractivity (Wildman–Crippen MR) is 101 cm³/mol. The molecule has 7 heteroatoms. The van der Waals surface area contributed by atoms with E-state index in [9.17, 15) is 14.4 Å². The Morgan fingerprint density at radius 2 is 2.11 bits per heavy atom. The minimum atomic E-state index is -0.884. The van der Waals surface area contributed by atoms with E-state index in [-0.39, 0.29) is 29.8 Å². The summed E-state index contributed by atoms with van der Waals surface area (Å²) in [6, 6.07) is 4.68. The summed E-state index contributed by atoms with van der Waals surface area (Å²) in [7, 11) is 0. The number of rotatable bonds is 4. The van der Waals surface area contributed by atoms with Gasteiger partial charge in [-0.15, -0.1) is 0 Å². The first kappa shape index (κ1) is 19.3. The Kier molecular flexibility index (Phi) is 4.97. The smallest absolute Gasteiger partial charge is 0.325 e. The second-order valence-electron chi connectivity index (χ2n) is 8.80. The van der Waals surface area contributed by atoms with E-state index in [1.165, 1.54) is 0 Å². The third-order valence-corrected chi connectivity index (χ3v) is 5.43. The van der Waals surface area contributed by atoms with E-state index in [1.807, 2.05) is 19.1 Å². The molecule has 1 aliphatic heterocycles. The van der Waals surface area contributed by atoms with Crippen molar-refractivity contribution in [3.63, 3.8) is 0 Å². The maximum Gasteiger partial charge on any atom is 0.325 e. The molecule has 0 aromatic carbocycles. The first-order chi connectivity index (χ1) is 12.6. The zero-order valence-electron chi connectivity index (χ0n) is 16.4. The lowest BCUT2D eigenvalue weighted by atomic mass is 9.64. The van der Waals surface area contributed by atoms with Crippen LogP contribution in [0.25, 0.3) is 0 Å². The van der Waals surface area contributed by atoms with Crippen LogP contribution in [0.3, 0.4) is 0 Å². The highest BCUT2D eigenvalue weighted by molar-refractivity contribution is 6.09. The van der Waals surface area contributed by atoms with Gasteiger partial charge in [0.15, 0.2) is 0 Å². The molecule has 1 saturated heterocycles. The molecule has 2 fully saturated rings. The average Bonchev–Trinajstić information content (AvgIpc) is 2.77. The van der Waals surface area contributed by atoms with Gasteiger partial charge in [0, 0.05) is 6.20 Å². The summed E-state index contributed by atoms with van der Waals surface area (Å²) >= 11 is 0. The molecular weight excluding hydrogens is 344 g/mol. The molecule has 7 nitrogen and oxygen atoms in total. The monoisotopic (exact) mass is 372 g/mol. The van der Waals surface area contributed by atoms with Crippen LogP contribution in [0.5, 0.6) is 0 Å². The van der Waals surface area contributed by atoms with Crippen LogP contribution in [0.15, 0.2) is 24.4 Å². The highest BCUT2D eigenvalue weighted by Crippen LogP contribution is 2.46. The lowest BCUT2D eigenvalue weighted by Gasteiger charge is -2.43. The van der Waals surface area contributed by atoms with Gasteiger partial charge in [0.05, 0.1) is 11.7 Å². The largest absolute Gasteiger partial charge is 0.346 e. The number of hydrogen-bond acceptors (Lipinski definition) is 4. The molecule has 1 aromatic heterocycles. The fourth-order valence-corrected chi connectivity index (χ4v) is 4.79. The highest BCUT2D eigenvalue weighted by Gasteiger charge is 2.56. The third-order valence-electron chi connectivity index (χ3n) is 5.43. The summed E-state index contributed by atoms with van der Waals surface area (Å²) in [6.45, 7) is 7.88. The fraction of sp³-hybridized carbons (Fsp3) is 0.600. The highest BCUT2D eigenvalue weighted by atomic mass is 16.2. The number of amides is 4. The quantitative estimate of drug-likeness (QED) is 0.794. The molecule has 1 saturated carbocycles. The molecule has 2 aliphatic rings. The van der Waals surface area contributed by atoms with Gasteiger partial charge in [-0.05, 0) is 49.7 Å². The molecule has 3 atom stereocenters. The Morgan fingerprint density at radius 1 is 1.37 bits per heavy atom. The normalized spacial score (nSPS) is 28.1. The van der Waals surface area contributed by atoms with Crippen LogP contribution in [0.2, 0.25) is 0 Å². The molecule has 146 valence electrons. The second-order valence-corrected chi connectivity index (χ2v) is 8.80. The Labute approximate surface area is 159 Å². The minimum Gasteiger partial charge on any atom is -0.346 e. The summed E-state index contributed by atoms with van der Waals surface area (Å²) in [6.07, 6.45) is 3.88. The Hall–Kier alpha value is -2.44. The standard InChI is InChI=1S/C20H28N4O3/c1-13-9-19(3,4)12-20(10-13)17(26)24(18(27)23-20)11-16(25)22-14(2)15-7-5-6-8-21-15/h5-8,13-14H,9-12H2,1-4H3,(H,22,25)(H,23,27). The lowest BCUT2D eigenvalue weighted by Crippen LogP contribution is -2.54. The zero-order chi connectivity index (χ0) is 19.8. The molecule has 27 heavy (non-hydrogen) atoms. The number of aromatic nitrogens is 1. The van der Waals surface area contributed by atoms with E-state index < -0.39 is 11.6 Å². The van der Waals surface area contributed by atoms with Gasteiger partial charge in [0.25, 0.3) is 5.91 Å². The van der Waals surface area contributed by atoms with Crippen molar-refractivity contribution in [3.8, 4) is 0 Å². The number of nitrogens with zero attached hydrogens (tertiary/aromatic N) is 2. The number of pyridine rings is 1. The Bertz CT molecular complexity index is 749. The third kappa shape index (κ3) is 3.96. The van der Waals surface area contributed by atoms with Gasteiger partial charge < -0.3 is 10.6 Å². The maximum absolute atomic E-state index is 13.1. The van der Waals surface area contributed by atoms with E-state index in [0.29, 0.717) is 18.8 Å². The first-order valence-electron chi connectivity index (χ1n) is 9.46. The molecule has 2 heterocycles. The van der Waals surface area contributed by atoms with Gasteiger partial charge in [-0.25, -0.2) is 4.79 Å². The molecule has 3 rings (SSSR count). The Morgan fingerprint density at radius 3 is 2.74 bits per heavy atom. The van der Waals surface area contributed by atoms with Gasteiger partial charge in [-0.2, -0.15) is 0 Å². The molecule has 4 amide bonds. The Balaban J connectivity index is 1.68. The molecule has 1 aromatic rings. The van der Waals surface area contributed by atoms with E-state index in [0.717, 1.165) is 17.0 Å². The predicted octanol–water partition coefficient (Wildman–Crippen LogP) is 2.40. The summed E-state index contributed by atoms with van der Waals surface area (Å²) in [5, 5.41) is 5.70. The summed E-state index contributed by atoms with van der Waals surface area (Å²) in [5.41, 5.74) is -0.195. The maximum atomic E-state index is 13.1. The lowest BCUT2D eigenvalue weighted by molar-refractivity contribution is -0.137. The SMILES string of the molecule is CC1CC(C)(C)CC2(C1)NC(=O)N(CC(=O)NC(C)c1ccccn1)C2=O. The molecule has 3 unspecified atom stereocenters. The van der Waals surface area contributed by atoms with Crippen LogP contribution in [0.4, 0.5) is 4.79 Å². The van der Waals surface area contributed by atoms with Crippen LogP contribution >= 0.6 is 0 Å². The van der Waals surface area contributed by atoms with Crippen molar-refractivity contribution in [1.82, 2.24) is 20.5 Å². The summed E-state index contributed by atoms with van der Waals surface area (Å²) < 4.78 is 0. The van der Waals surface area contributed by atoms with Gasteiger partial charge >= 0.3 is 6.03 Å². The first-order valence-corrected chi connectivity index (χ1v) is 9.46. The molecule has 1 aliphatic carbocycles. The van der Waals surface area contributed by atoms with Crippen LogP contribution < -0.4 is 10.6 Å². The molecule has 1 spiro atoms. The van der Waals surface area contributed by atoms with Crippen molar-refractivity contribution in [2.45, 2.75) is 58.5 Å². The number of carbonyl (C=O) groups excluding carboxylic acids is 3. The average molecular weight is 372 g/mol. The van der Waals surface area contributed by atoms with E-state index in [4.69, 9.17) is 0 Å². The molecular formula is C20H28N4O3. The van der Waals surface area contributed by atoms with Crippen LogP contribution in [0.1, 0.15) is 58.7 Å². The molecule has 2 N–H and O–H groups in total. The van der Waals surface area contributed by atoms with E-state index >= 15 is 0 Å². The molecule has 0 radical (unpaired) electrons. The van der Waals surface area contributed by atoms with Crippen molar-refractivity contribution in [2.24, 2.45) is 11.3 Å². The number of urea groups is 1. The number of hydrogen-bond donors (Lipinski definition) is 2. The van der Waals surface area contributed by atoms with Crippen molar-refractivity contribution >= 4 is 17.8 Å². The summed E-state index contributed by atoms with van der Waals surface area (Å²) in [4.78, 5) is 43.2. The molecule has 0 bridgehead atoms. The van der Waals surface area contributed by atoms with Crippen molar-refractivity contribution in [3.05, 3.63) is 30.1 Å². The van der Waals surface area contributed by atoms with E-state index in [1.54, 1.807) is 12.3 Å². The zero-order valence-corrected chi connectivity index (χ0v) is 16.4. The summed E-state index contributed by atoms with van der Waals surface area (Å²) in [5.74, 6) is -0.333. The van der Waals surface area contributed by atoms with Gasteiger partial charge in [0.2, 0.25) is 5.91 Å². The minimum absolute atomic E-state index is 0.0353. The number of nitrogens with one attached hydrogen (secondary N) is 2. The van der Waals surface area contributed by atoms with Crippen LogP contribution in [-0.2, 0) is 9.59 Å². The van der Waals surface area contributed by atoms with Gasteiger partial charge in [-0.3, -0.25) is 19.5 Å². The second kappa shape index (κ2) is 6.94. The van der Waals surface area contributed by atoms with Gasteiger partial charge in [0.1, 0.15) is 12.1 Å².